The number of nitrogens with zero attached hydrogens (tertiary/aromatic N) is 1. The van der Waals surface area contributed by atoms with E-state index in [1.807, 2.05) is 0 Å². The minimum absolute atomic E-state index is 0.489. The van der Waals surface area contributed by atoms with Gasteiger partial charge < -0.3 is 5.73 Å². The molecule has 4 unspecified atom stereocenters. The molecule has 0 aromatic carbocycles. The molecule has 1 aliphatic heterocycles. The van der Waals surface area contributed by atoms with E-state index in [2.05, 4.69) is 18.7 Å². The summed E-state index contributed by atoms with van der Waals surface area (Å²) in [6, 6.07) is 1.32. The third-order valence-electron chi connectivity index (χ3n) is 5.82. The highest BCUT2D eigenvalue weighted by Gasteiger charge is 2.45. The van der Waals surface area contributed by atoms with Crippen LogP contribution in [0.15, 0.2) is 0 Å². The zero-order valence-electron chi connectivity index (χ0n) is 11.5. The quantitative estimate of drug-likeness (QED) is 0.758. The van der Waals surface area contributed by atoms with Crippen LogP contribution in [0, 0.1) is 17.3 Å². The van der Waals surface area contributed by atoms with Gasteiger partial charge in [0, 0.05) is 25.2 Å². The van der Waals surface area contributed by atoms with Crippen molar-refractivity contribution in [2.45, 2.75) is 64.5 Å². The van der Waals surface area contributed by atoms with Gasteiger partial charge in [0.1, 0.15) is 0 Å². The molecule has 0 bridgehead atoms. The van der Waals surface area contributed by atoms with E-state index in [4.69, 9.17) is 5.73 Å². The van der Waals surface area contributed by atoms with E-state index in [-0.39, 0.29) is 0 Å². The zero-order valence-corrected chi connectivity index (χ0v) is 11.5. The molecule has 98 valence electrons. The zero-order chi connectivity index (χ0) is 12.0. The van der Waals surface area contributed by atoms with Gasteiger partial charge >= 0.3 is 0 Å². The Bertz CT molecular complexity index is 287. The van der Waals surface area contributed by atoms with Gasteiger partial charge in [0.15, 0.2) is 0 Å². The average Bonchev–Trinajstić information content (AvgIpc) is 2.81. The second-order valence-electron chi connectivity index (χ2n) is 7.37. The molecule has 2 heteroatoms. The van der Waals surface area contributed by atoms with Crippen molar-refractivity contribution >= 4 is 0 Å². The minimum Gasteiger partial charge on any atom is -0.327 e. The van der Waals surface area contributed by atoms with Crippen LogP contribution in [0.3, 0.4) is 0 Å². The maximum Gasteiger partial charge on any atom is 0.0147 e. The van der Waals surface area contributed by atoms with Crippen molar-refractivity contribution in [1.82, 2.24) is 4.90 Å². The molecule has 2 saturated carbocycles. The summed E-state index contributed by atoms with van der Waals surface area (Å²) in [5.74, 6) is 1.72. The number of hydrogen-bond acceptors (Lipinski definition) is 2. The van der Waals surface area contributed by atoms with Crippen LogP contribution >= 0.6 is 0 Å². The Hall–Kier alpha value is -0.0800. The predicted molar refractivity (Wildman–Crippen MR) is 71.8 cm³/mol. The summed E-state index contributed by atoms with van der Waals surface area (Å²) < 4.78 is 0. The second kappa shape index (κ2) is 4.24. The Morgan fingerprint density at radius 3 is 2.53 bits per heavy atom. The van der Waals surface area contributed by atoms with E-state index in [0.29, 0.717) is 11.5 Å². The van der Waals surface area contributed by atoms with Crippen LogP contribution in [0.2, 0.25) is 0 Å². The minimum atomic E-state index is 0.489. The first kappa shape index (κ1) is 12.0. The summed E-state index contributed by atoms with van der Waals surface area (Å²) in [4.78, 5) is 2.80. The summed E-state index contributed by atoms with van der Waals surface area (Å²) >= 11 is 0. The lowest BCUT2D eigenvalue weighted by atomic mass is 9.78. The Morgan fingerprint density at radius 1 is 1.06 bits per heavy atom. The van der Waals surface area contributed by atoms with Crippen LogP contribution in [0.5, 0.6) is 0 Å². The monoisotopic (exact) mass is 236 g/mol. The summed E-state index contributed by atoms with van der Waals surface area (Å²) in [7, 11) is 0. The van der Waals surface area contributed by atoms with Crippen molar-refractivity contribution in [2.75, 3.05) is 13.1 Å². The third-order valence-corrected chi connectivity index (χ3v) is 5.82. The number of rotatable bonds is 1. The number of fused-ring (bicyclic) bond motifs is 1. The molecule has 0 radical (unpaired) electrons. The molecule has 3 rings (SSSR count). The highest BCUT2D eigenvalue weighted by Crippen LogP contribution is 2.45. The van der Waals surface area contributed by atoms with E-state index < -0.39 is 0 Å². The fraction of sp³-hybridized carbons (Fsp3) is 1.00. The fourth-order valence-electron chi connectivity index (χ4n) is 4.79. The normalized spacial score (nSPS) is 46.1. The second-order valence-corrected chi connectivity index (χ2v) is 7.37. The lowest BCUT2D eigenvalue weighted by molar-refractivity contribution is 0.132. The van der Waals surface area contributed by atoms with Gasteiger partial charge in [0.05, 0.1) is 0 Å². The standard InChI is InChI=1S/C15H28N2/c1-15(2)8-4-7-14(15)17-9-11-5-3-6-13(16)12(11)10-17/h11-14H,3-10,16H2,1-2H3. The maximum atomic E-state index is 6.32. The topological polar surface area (TPSA) is 29.3 Å². The summed E-state index contributed by atoms with van der Waals surface area (Å²) in [5.41, 5.74) is 6.86. The van der Waals surface area contributed by atoms with Crippen molar-refractivity contribution < 1.29 is 0 Å². The van der Waals surface area contributed by atoms with Crippen LogP contribution in [-0.4, -0.2) is 30.1 Å². The molecule has 3 aliphatic rings. The smallest absolute Gasteiger partial charge is 0.0147 e. The van der Waals surface area contributed by atoms with Crippen LogP contribution < -0.4 is 5.73 Å². The van der Waals surface area contributed by atoms with E-state index in [1.165, 1.54) is 51.6 Å². The summed E-state index contributed by atoms with van der Waals surface area (Å²) in [6.45, 7) is 7.56. The first-order valence-corrected chi connectivity index (χ1v) is 7.57. The molecule has 1 heterocycles. The highest BCUT2D eigenvalue weighted by atomic mass is 15.2. The van der Waals surface area contributed by atoms with Crippen molar-refractivity contribution in [3.05, 3.63) is 0 Å². The largest absolute Gasteiger partial charge is 0.327 e. The van der Waals surface area contributed by atoms with Gasteiger partial charge in [-0.15, -0.1) is 0 Å². The summed E-state index contributed by atoms with van der Waals surface area (Å²) in [6.07, 6.45) is 8.32. The number of likely N-dealkylation sites (tertiary alicyclic amines) is 1. The molecule has 4 atom stereocenters. The van der Waals surface area contributed by atoms with E-state index >= 15 is 0 Å². The highest BCUT2D eigenvalue weighted by molar-refractivity contribution is 5.00. The van der Waals surface area contributed by atoms with Crippen molar-refractivity contribution in [3.8, 4) is 0 Å². The van der Waals surface area contributed by atoms with E-state index in [0.717, 1.165) is 17.9 Å². The first-order valence-electron chi connectivity index (χ1n) is 7.57. The van der Waals surface area contributed by atoms with Gasteiger partial charge in [-0.25, -0.2) is 0 Å². The molecule has 2 N–H and O–H groups in total. The average molecular weight is 236 g/mol. The van der Waals surface area contributed by atoms with Crippen LogP contribution in [-0.2, 0) is 0 Å². The lowest BCUT2D eigenvalue weighted by Gasteiger charge is -2.35. The molecule has 0 amide bonds. The SMILES string of the molecule is CC1(C)CCCC1N1CC2CCCC(N)C2C1. The van der Waals surface area contributed by atoms with Crippen LogP contribution in [0.25, 0.3) is 0 Å². The molecule has 1 saturated heterocycles. The fourth-order valence-corrected chi connectivity index (χ4v) is 4.79. The molecule has 17 heavy (non-hydrogen) atoms. The molecule has 2 nitrogen and oxygen atoms in total. The van der Waals surface area contributed by atoms with Crippen molar-refractivity contribution in [1.29, 1.82) is 0 Å². The molecule has 0 spiro atoms. The summed E-state index contributed by atoms with van der Waals surface area (Å²) in [5, 5.41) is 0. The Kier molecular flexibility index (Phi) is 2.99. The lowest BCUT2D eigenvalue weighted by Crippen LogP contribution is -2.42. The van der Waals surface area contributed by atoms with Gasteiger partial charge in [-0.3, -0.25) is 4.90 Å². The Labute approximate surface area is 106 Å². The first-order chi connectivity index (χ1) is 8.08. The van der Waals surface area contributed by atoms with E-state index in [9.17, 15) is 0 Å². The molecule has 2 aliphatic carbocycles. The Morgan fingerprint density at radius 2 is 1.88 bits per heavy atom. The Balaban J connectivity index is 1.71. The van der Waals surface area contributed by atoms with Gasteiger partial charge in [-0.1, -0.05) is 26.7 Å². The van der Waals surface area contributed by atoms with Gasteiger partial charge in [-0.05, 0) is 42.9 Å². The number of hydrogen-bond donors (Lipinski definition) is 1. The van der Waals surface area contributed by atoms with Gasteiger partial charge in [-0.2, -0.15) is 0 Å². The van der Waals surface area contributed by atoms with Crippen LogP contribution in [0.1, 0.15) is 52.4 Å². The maximum absolute atomic E-state index is 6.32. The number of nitrogens with two attached hydrogens (primary N) is 1. The van der Waals surface area contributed by atoms with Crippen molar-refractivity contribution in [2.24, 2.45) is 23.0 Å². The van der Waals surface area contributed by atoms with Gasteiger partial charge in [0.25, 0.3) is 0 Å². The van der Waals surface area contributed by atoms with E-state index in [1.54, 1.807) is 0 Å². The van der Waals surface area contributed by atoms with Crippen LogP contribution in [0.4, 0.5) is 0 Å². The van der Waals surface area contributed by atoms with Crippen molar-refractivity contribution in [3.63, 3.8) is 0 Å². The predicted octanol–water partition coefficient (Wildman–Crippen LogP) is 2.62. The molecular weight excluding hydrogens is 208 g/mol. The molecule has 0 aromatic rings. The third kappa shape index (κ3) is 2.04. The van der Waals surface area contributed by atoms with Gasteiger partial charge in [0.2, 0.25) is 0 Å². The molecular formula is C15H28N2. The molecule has 0 aromatic heterocycles. The molecule has 3 fully saturated rings.